The van der Waals surface area contributed by atoms with E-state index >= 15 is 0 Å². The van der Waals surface area contributed by atoms with Gasteiger partial charge < -0.3 is 9.84 Å². The van der Waals surface area contributed by atoms with E-state index in [9.17, 15) is 5.11 Å². The maximum absolute atomic E-state index is 11.2. The summed E-state index contributed by atoms with van der Waals surface area (Å²) in [5.74, 6) is 0.905. The predicted molar refractivity (Wildman–Crippen MR) is 82.7 cm³/mol. The Hall–Kier alpha value is -1.13. The number of hydrogen-bond acceptors (Lipinski definition) is 4. The largest absolute Gasteiger partial charge is 0.496 e. The number of aromatic nitrogens is 1. The second-order valence-corrected chi connectivity index (χ2v) is 6.62. The lowest BCUT2D eigenvalue weighted by Gasteiger charge is -2.37. The summed E-state index contributed by atoms with van der Waals surface area (Å²) in [5, 5.41) is 11.2. The van der Waals surface area contributed by atoms with E-state index in [-0.39, 0.29) is 0 Å². The van der Waals surface area contributed by atoms with Crippen molar-refractivity contribution in [2.45, 2.75) is 57.6 Å². The lowest BCUT2D eigenvalue weighted by molar-refractivity contribution is -0.00971. The van der Waals surface area contributed by atoms with Crippen LogP contribution in [0.3, 0.4) is 0 Å². The maximum Gasteiger partial charge on any atom is 0.128 e. The standard InChI is InChI=1S/C17H26N2O2/c1-12-11-18-14(13(2)16(12)21-3)10-17(20)7-9-19-8-5-4-6-15(17)19/h11,15,20H,4-10H2,1-3H3. The van der Waals surface area contributed by atoms with Crippen LogP contribution in [0.2, 0.25) is 0 Å². The van der Waals surface area contributed by atoms with E-state index < -0.39 is 5.60 Å². The van der Waals surface area contributed by atoms with Crippen molar-refractivity contribution in [3.8, 4) is 5.75 Å². The van der Waals surface area contributed by atoms with Crippen LogP contribution < -0.4 is 4.74 Å². The van der Waals surface area contributed by atoms with Gasteiger partial charge in [0.1, 0.15) is 5.75 Å². The molecule has 3 heterocycles. The van der Waals surface area contributed by atoms with Gasteiger partial charge in [0.2, 0.25) is 0 Å². The summed E-state index contributed by atoms with van der Waals surface area (Å²) >= 11 is 0. The van der Waals surface area contributed by atoms with Crippen molar-refractivity contribution in [2.24, 2.45) is 0 Å². The molecule has 0 radical (unpaired) electrons. The van der Waals surface area contributed by atoms with E-state index in [4.69, 9.17) is 4.74 Å². The number of ether oxygens (including phenoxy) is 1. The summed E-state index contributed by atoms with van der Waals surface area (Å²) in [6.45, 7) is 6.21. The fourth-order valence-electron chi connectivity index (χ4n) is 4.12. The van der Waals surface area contributed by atoms with Crippen LogP contribution in [0.1, 0.15) is 42.5 Å². The Labute approximate surface area is 127 Å². The lowest BCUT2D eigenvalue weighted by atomic mass is 9.84. The molecule has 4 heteroatoms. The fourth-order valence-corrected chi connectivity index (χ4v) is 4.12. The quantitative estimate of drug-likeness (QED) is 0.927. The predicted octanol–water partition coefficient (Wildman–Crippen LogP) is 2.24. The second-order valence-electron chi connectivity index (χ2n) is 6.62. The fraction of sp³-hybridized carbons (Fsp3) is 0.706. The zero-order valence-corrected chi connectivity index (χ0v) is 13.4. The Balaban J connectivity index is 1.86. The molecule has 2 fully saturated rings. The molecule has 2 aliphatic heterocycles. The van der Waals surface area contributed by atoms with Crippen molar-refractivity contribution >= 4 is 0 Å². The summed E-state index contributed by atoms with van der Waals surface area (Å²) in [4.78, 5) is 7.04. The molecule has 2 saturated heterocycles. The molecule has 4 nitrogen and oxygen atoms in total. The molecule has 0 spiro atoms. The summed E-state index contributed by atoms with van der Waals surface area (Å²) in [7, 11) is 1.70. The topological polar surface area (TPSA) is 45.6 Å². The van der Waals surface area contributed by atoms with Crippen LogP contribution in [0, 0.1) is 13.8 Å². The average molecular weight is 290 g/mol. The molecule has 2 aliphatic rings. The zero-order valence-electron chi connectivity index (χ0n) is 13.4. The molecule has 0 aliphatic carbocycles. The Morgan fingerprint density at radius 1 is 1.38 bits per heavy atom. The maximum atomic E-state index is 11.2. The highest BCUT2D eigenvalue weighted by atomic mass is 16.5. The lowest BCUT2D eigenvalue weighted by Crippen LogP contribution is -2.48. The monoisotopic (exact) mass is 290 g/mol. The summed E-state index contributed by atoms with van der Waals surface area (Å²) in [6, 6.07) is 0.305. The van der Waals surface area contributed by atoms with Crippen molar-refractivity contribution in [1.29, 1.82) is 0 Å². The van der Waals surface area contributed by atoms with Crippen LogP contribution in [0.4, 0.5) is 0 Å². The third-order valence-electron chi connectivity index (χ3n) is 5.29. The number of nitrogens with zero attached hydrogens (tertiary/aromatic N) is 2. The number of aliphatic hydroxyl groups is 1. The van der Waals surface area contributed by atoms with Crippen LogP contribution in [0.5, 0.6) is 5.75 Å². The molecular weight excluding hydrogens is 264 g/mol. The normalized spacial score (nSPS) is 29.4. The van der Waals surface area contributed by atoms with E-state index in [1.54, 1.807) is 7.11 Å². The molecule has 2 atom stereocenters. The van der Waals surface area contributed by atoms with Crippen LogP contribution in [0.15, 0.2) is 6.20 Å². The minimum Gasteiger partial charge on any atom is -0.496 e. The molecular formula is C17H26N2O2. The number of methoxy groups -OCH3 is 1. The van der Waals surface area contributed by atoms with Gasteiger partial charge in [-0.2, -0.15) is 0 Å². The highest BCUT2D eigenvalue weighted by Crippen LogP contribution is 2.38. The molecule has 0 bridgehead atoms. The van der Waals surface area contributed by atoms with Crippen molar-refractivity contribution < 1.29 is 9.84 Å². The summed E-state index contributed by atoms with van der Waals surface area (Å²) in [6.07, 6.45) is 6.96. The second kappa shape index (κ2) is 5.58. The molecule has 21 heavy (non-hydrogen) atoms. The third-order valence-corrected chi connectivity index (χ3v) is 5.29. The number of rotatable bonds is 3. The summed E-state index contributed by atoms with van der Waals surface area (Å²) < 4.78 is 5.49. The molecule has 116 valence electrons. The van der Waals surface area contributed by atoms with Gasteiger partial charge in [0.15, 0.2) is 0 Å². The van der Waals surface area contributed by atoms with Gasteiger partial charge >= 0.3 is 0 Å². The van der Waals surface area contributed by atoms with E-state index in [1.807, 2.05) is 20.0 Å². The molecule has 0 saturated carbocycles. The SMILES string of the molecule is COc1c(C)cnc(CC2(O)CCN3CCCCC32)c1C. The molecule has 1 aromatic heterocycles. The van der Waals surface area contributed by atoms with Crippen LogP contribution in [-0.4, -0.2) is 46.8 Å². The van der Waals surface area contributed by atoms with Crippen molar-refractivity contribution in [3.05, 3.63) is 23.0 Å². The van der Waals surface area contributed by atoms with Crippen LogP contribution in [-0.2, 0) is 6.42 Å². The van der Waals surface area contributed by atoms with Crippen LogP contribution in [0.25, 0.3) is 0 Å². The Morgan fingerprint density at radius 3 is 2.95 bits per heavy atom. The Kier molecular flexibility index (Phi) is 3.93. The number of hydrogen-bond donors (Lipinski definition) is 1. The first-order chi connectivity index (χ1) is 10.0. The number of fused-ring (bicyclic) bond motifs is 1. The first kappa shape index (κ1) is 14.8. The van der Waals surface area contributed by atoms with Gasteiger partial charge in [-0.25, -0.2) is 0 Å². The smallest absolute Gasteiger partial charge is 0.128 e. The molecule has 1 aromatic rings. The first-order valence-corrected chi connectivity index (χ1v) is 8.00. The molecule has 1 N–H and O–H groups in total. The average Bonchev–Trinajstić information content (AvgIpc) is 2.81. The van der Waals surface area contributed by atoms with E-state index in [1.165, 1.54) is 12.8 Å². The molecule has 0 amide bonds. The van der Waals surface area contributed by atoms with Gasteiger partial charge in [-0.05, 0) is 39.7 Å². The van der Waals surface area contributed by atoms with Gasteiger partial charge in [-0.15, -0.1) is 0 Å². The van der Waals surface area contributed by atoms with Gasteiger partial charge in [-0.3, -0.25) is 9.88 Å². The van der Waals surface area contributed by atoms with Gasteiger partial charge in [-0.1, -0.05) is 6.42 Å². The molecule has 3 rings (SSSR count). The Bertz CT molecular complexity index is 532. The Morgan fingerprint density at radius 2 is 2.19 bits per heavy atom. The highest BCUT2D eigenvalue weighted by Gasteiger charge is 2.47. The van der Waals surface area contributed by atoms with Gasteiger partial charge in [0.05, 0.1) is 12.7 Å². The van der Waals surface area contributed by atoms with E-state index in [2.05, 4.69) is 9.88 Å². The number of pyridine rings is 1. The van der Waals surface area contributed by atoms with Crippen LogP contribution >= 0.6 is 0 Å². The van der Waals surface area contributed by atoms with E-state index in [0.29, 0.717) is 12.5 Å². The van der Waals surface area contributed by atoms with Crippen molar-refractivity contribution in [2.75, 3.05) is 20.2 Å². The number of aryl methyl sites for hydroxylation is 1. The van der Waals surface area contributed by atoms with Gasteiger partial charge in [0.25, 0.3) is 0 Å². The minimum absolute atomic E-state index is 0.305. The zero-order chi connectivity index (χ0) is 15.0. The first-order valence-electron chi connectivity index (χ1n) is 8.00. The highest BCUT2D eigenvalue weighted by molar-refractivity contribution is 5.41. The van der Waals surface area contributed by atoms with Crippen molar-refractivity contribution in [1.82, 2.24) is 9.88 Å². The van der Waals surface area contributed by atoms with Crippen molar-refractivity contribution in [3.63, 3.8) is 0 Å². The van der Waals surface area contributed by atoms with Gasteiger partial charge in [0, 0.05) is 42.0 Å². The molecule has 0 aromatic carbocycles. The molecule has 2 unspecified atom stereocenters. The third kappa shape index (κ3) is 2.55. The summed E-state index contributed by atoms with van der Waals surface area (Å²) in [5.41, 5.74) is 2.47. The van der Waals surface area contributed by atoms with E-state index in [0.717, 1.165) is 48.5 Å². The minimum atomic E-state index is -0.627. The number of piperidine rings is 1.